The van der Waals surface area contributed by atoms with Crippen LogP contribution in [0.1, 0.15) is 42.9 Å². The highest BCUT2D eigenvalue weighted by atomic mass is 16.2. The molecule has 1 aromatic rings. The first kappa shape index (κ1) is 16.6. The van der Waals surface area contributed by atoms with E-state index in [2.05, 4.69) is 28.4 Å². The van der Waals surface area contributed by atoms with Crippen molar-refractivity contribution in [3.8, 4) is 0 Å². The minimum Gasteiger partial charge on any atom is -0.323 e. The molecule has 1 aromatic carbocycles. The molecule has 2 fully saturated rings. The summed E-state index contributed by atoms with van der Waals surface area (Å²) in [6, 6.07) is 6.63. The zero-order valence-electron chi connectivity index (χ0n) is 15.2. The van der Waals surface area contributed by atoms with Crippen molar-refractivity contribution in [2.45, 2.75) is 51.1 Å². The number of carbonyl (C=O) groups excluding carboxylic acids is 2. The molecule has 2 saturated heterocycles. The number of fused-ring (bicyclic) bond motifs is 1. The van der Waals surface area contributed by atoms with Gasteiger partial charge in [0, 0.05) is 26.1 Å². The van der Waals surface area contributed by atoms with Crippen LogP contribution in [-0.4, -0.2) is 47.4 Å². The topological polar surface area (TPSA) is 52.7 Å². The van der Waals surface area contributed by atoms with Crippen molar-refractivity contribution in [3.63, 3.8) is 0 Å². The number of piperidine rings is 1. The molecule has 2 heterocycles. The molecule has 0 aromatic heterocycles. The molecule has 0 saturated carbocycles. The molecule has 1 aliphatic carbocycles. The number of urea groups is 1. The van der Waals surface area contributed by atoms with Gasteiger partial charge in [0.25, 0.3) is 5.91 Å². The van der Waals surface area contributed by atoms with Crippen molar-refractivity contribution in [2.24, 2.45) is 5.92 Å². The SMILES string of the molecule is CN1C(=O)NC(C)(C2CCCN(Cc3ccc4c(c3)CCC4)C2)C1=O. The number of imide groups is 1. The Morgan fingerprint density at radius 2 is 2.00 bits per heavy atom. The first-order valence-corrected chi connectivity index (χ1v) is 9.41. The molecule has 3 amide bonds. The summed E-state index contributed by atoms with van der Waals surface area (Å²) in [6.45, 7) is 4.73. The Balaban J connectivity index is 1.46. The van der Waals surface area contributed by atoms with Crippen LogP contribution in [0.2, 0.25) is 0 Å². The van der Waals surface area contributed by atoms with Crippen LogP contribution in [0.25, 0.3) is 0 Å². The fourth-order valence-electron chi connectivity index (χ4n) is 4.73. The lowest BCUT2D eigenvalue weighted by Gasteiger charge is -2.39. The predicted octanol–water partition coefficient (Wildman–Crippen LogP) is 2.33. The molecule has 0 spiro atoms. The minimum absolute atomic E-state index is 0.0955. The Kier molecular flexibility index (Phi) is 4.07. The number of hydrogen-bond donors (Lipinski definition) is 1. The van der Waals surface area contributed by atoms with E-state index in [1.54, 1.807) is 7.05 Å². The van der Waals surface area contributed by atoms with Gasteiger partial charge in [0.05, 0.1) is 0 Å². The third-order valence-corrected chi connectivity index (χ3v) is 6.31. The maximum Gasteiger partial charge on any atom is 0.324 e. The summed E-state index contributed by atoms with van der Waals surface area (Å²) in [4.78, 5) is 28.1. The van der Waals surface area contributed by atoms with E-state index in [4.69, 9.17) is 0 Å². The van der Waals surface area contributed by atoms with Crippen molar-refractivity contribution in [1.82, 2.24) is 15.1 Å². The number of likely N-dealkylation sites (tertiary alicyclic amines) is 1. The van der Waals surface area contributed by atoms with E-state index in [1.165, 1.54) is 40.9 Å². The summed E-state index contributed by atoms with van der Waals surface area (Å²) in [7, 11) is 1.56. The van der Waals surface area contributed by atoms with Gasteiger partial charge in [0.15, 0.2) is 0 Å². The maximum atomic E-state index is 12.6. The molecule has 1 N–H and O–H groups in total. The number of amides is 3. The Bertz CT molecular complexity index is 717. The summed E-state index contributed by atoms with van der Waals surface area (Å²) in [5, 5.41) is 2.93. The van der Waals surface area contributed by atoms with E-state index in [1.807, 2.05) is 6.92 Å². The quantitative estimate of drug-likeness (QED) is 0.859. The normalized spacial score (nSPS) is 29.8. The highest BCUT2D eigenvalue weighted by Crippen LogP contribution is 2.33. The Hall–Kier alpha value is -1.88. The van der Waals surface area contributed by atoms with Crippen LogP contribution in [0.15, 0.2) is 18.2 Å². The van der Waals surface area contributed by atoms with Crippen molar-refractivity contribution in [2.75, 3.05) is 20.1 Å². The summed E-state index contributed by atoms with van der Waals surface area (Å²) in [6.07, 6.45) is 5.75. The number of likely N-dealkylation sites (N-methyl/N-ethyl adjacent to an activating group) is 1. The second-order valence-electron chi connectivity index (χ2n) is 8.03. The van der Waals surface area contributed by atoms with E-state index in [0.717, 1.165) is 32.5 Å². The lowest BCUT2D eigenvalue weighted by molar-refractivity contribution is -0.132. The molecular weight excluding hydrogens is 314 g/mol. The van der Waals surface area contributed by atoms with Crippen LogP contribution < -0.4 is 5.32 Å². The first-order chi connectivity index (χ1) is 12.0. The van der Waals surface area contributed by atoms with Crippen LogP contribution in [0.5, 0.6) is 0 Å². The molecule has 2 unspecified atom stereocenters. The molecule has 134 valence electrons. The van der Waals surface area contributed by atoms with Gasteiger partial charge in [-0.05, 0) is 62.3 Å². The molecule has 25 heavy (non-hydrogen) atoms. The average molecular weight is 341 g/mol. The van der Waals surface area contributed by atoms with Gasteiger partial charge in [0.2, 0.25) is 0 Å². The lowest BCUT2D eigenvalue weighted by Crippen LogP contribution is -2.55. The second kappa shape index (κ2) is 6.13. The first-order valence-electron chi connectivity index (χ1n) is 9.41. The van der Waals surface area contributed by atoms with Crippen LogP contribution in [-0.2, 0) is 24.2 Å². The molecule has 5 nitrogen and oxygen atoms in total. The molecule has 5 heteroatoms. The fraction of sp³-hybridized carbons (Fsp3) is 0.600. The average Bonchev–Trinajstić information content (AvgIpc) is 3.15. The third-order valence-electron chi connectivity index (χ3n) is 6.31. The lowest BCUT2D eigenvalue weighted by atomic mass is 9.80. The van der Waals surface area contributed by atoms with E-state index in [-0.39, 0.29) is 17.9 Å². The molecule has 4 rings (SSSR count). The largest absolute Gasteiger partial charge is 0.324 e. The molecule has 2 atom stereocenters. The highest BCUT2D eigenvalue weighted by molar-refractivity contribution is 6.06. The number of nitrogens with zero attached hydrogens (tertiary/aromatic N) is 2. The number of carbonyl (C=O) groups is 2. The van der Waals surface area contributed by atoms with Gasteiger partial charge in [-0.3, -0.25) is 14.6 Å². The third kappa shape index (κ3) is 2.84. The van der Waals surface area contributed by atoms with Gasteiger partial charge in [-0.2, -0.15) is 0 Å². The van der Waals surface area contributed by atoms with Gasteiger partial charge in [-0.15, -0.1) is 0 Å². The summed E-state index contributed by atoms with van der Waals surface area (Å²) in [5.74, 6) is 0.0685. The number of benzene rings is 1. The summed E-state index contributed by atoms with van der Waals surface area (Å²) in [5.41, 5.74) is 3.63. The standard InChI is InChI=1S/C20H27N3O2/c1-20(18(24)22(2)19(25)21-20)17-7-4-10-23(13-17)12-14-8-9-15-5-3-6-16(15)11-14/h8-9,11,17H,3-7,10,12-13H2,1-2H3,(H,21,25). The van der Waals surface area contributed by atoms with Crippen molar-refractivity contribution in [1.29, 1.82) is 0 Å². The molecule has 0 bridgehead atoms. The van der Waals surface area contributed by atoms with E-state index < -0.39 is 5.54 Å². The summed E-state index contributed by atoms with van der Waals surface area (Å²) >= 11 is 0. The molecule has 3 aliphatic rings. The maximum absolute atomic E-state index is 12.6. The van der Waals surface area contributed by atoms with Crippen molar-refractivity contribution in [3.05, 3.63) is 34.9 Å². The Morgan fingerprint density at radius 3 is 2.76 bits per heavy atom. The Labute approximate surface area is 149 Å². The zero-order valence-corrected chi connectivity index (χ0v) is 15.2. The smallest absolute Gasteiger partial charge is 0.323 e. The summed E-state index contributed by atoms with van der Waals surface area (Å²) < 4.78 is 0. The molecule has 2 aliphatic heterocycles. The number of aryl methyl sites for hydroxylation is 2. The highest BCUT2D eigenvalue weighted by Gasteiger charge is 2.51. The van der Waals surface area contributed by atoms with Crippen LogP contribution in [0.3, 0.4) is 0 Å². The Morgan fingerprint density at radius 1 is 1.20 bits per heavy atom. The fourth-order valence-corrected chi connectivity index (χ4v) is 4.73. The van der Waals surface area contributed by atoms with Gasteiger partial charge < -0.3 is 5.32 Å². The van der Waals surface area contributed by atoms with Crippen molar-refractivity contribution >= 4 is 11.9 Å². The molecule has 0 radical (unpaired) electrons. The number of nitrogens with one attached hydrogen (secondary N) is 1. The van der Waals surface area contributed by atoms with E-state index in [0.29, 0.717) is 0 Å². The second-order valence-corrected chi connectivity index (χ2v) is 8.03. The van der Waals surface area contributed by atoms with Crippen LogP contribution >= 0.6 is 0 Å². The zero-order chi connectivity index (χ0) is 17.6. The predicted molar refractivity (Wildman–Crippen MR) is 96.2 cm³/mol. The van der Waals surface area contributed by atoms with Gasteiger partial charge in [-0.1, -0.05) is 18.2 Å². The number of rotatable bonds is 3. The molecular formula is C20H27N3O2. The van der Waals surface area contributed by atoms with Crippen LogP contribution in [0, 0.1) is 5.92 Å². The van der Waals surface area contributed by atoms with E-state index >= 15 is 0 Å². The number of hydrogen-bond acceptors (Lipinski definition) is 3. The monoisotopic (exact) mass is 341 g/mol. The minimum atomic E-state index is -0.761. The van der Waals surface area contributed by atoms with Crippen molar-refractivity contribution < 1.29 is 9.59 Å². The van der Waals surface area contributed by atoms with Gasteiger partial charge in [-0.25, -0.2) is 4.79 Å². The van der Waals surface area contributed by atoms with E-state index in [9.17, 15) is 9.59 Å². The van der Waals surface area contributed by atoms with Gasteiger partial charge in [0.1, 0.15) is 5.54 Å². The van der Waals surface area contributed by atoms with Gasteiger partial charge >= 0.3 is 6.03 Å². The van der Waals surface area contributed by atoms with Crippen LogP contribution in [0.4, 0.5) is 4.79 Å².